The largest absolute Gasteiger partial charge is 0.348 e. The molecule has 2 saturated heterocycles. The van der Waals surface area contributed by atoms with Crippen molar-refractivity contribution in [3.8, 4) is 0 Å². The summed E-state index contributed by atoms with van der Waals surface area (Å²) in [5, 5.41) is 15.2. The van der Waals surface area contributed by atoms with Gasteiger partial charge in [-0.25, -0.2) is 4.98 Å². The lowest BCUT2D eigenvalue weighted by Crippen LogP contribution is -2.48. The van der Waals surface area contributed by atoms with Gasteiger partial charge in [-0.2, -0.15) is 0 Å². The molecule has 2 unspecified atom stereocenters. The van der Waals surface area contributed by atoms with E-state index in [1.54, 1.807) is 0 Å². The van der Waals surface area contributed by atoms with Gasteiger partial charge in [0.15, 0.2) is 0 Å². The van der Waals surface area contributed by atoms with Crippen LogP contribution in [-0.2, 0) is 0 Å². The number of hydrogen-bond acceptors (Lipinski definition) is 5. The Morgan fingerprint density at radius 1 is 1.48 bits per heavy atom. The van der Waals surface area contributed by atoms with Crippen LogP contribution in [0.1, 0.15) is 32.6 Å². The molecule has 2 aliphatic heterocycles. The zero-order valence-electron chi connectivity index (χ0n) is 12.0. The molecule has 21 heavy (non-hydrogen) atoms. The van der Waals surface area contributed by atoms with Crippen LogP contribution in [0.3, 0.4) is 0 Å². The Labute approximate surface area is 128 Å². The van der Waals surface area contributed by atoms with Gasteiger partial charge in [-0.3, -0.25) is 10.1 Å². The van der Waals surface area contributed by atoms with E-state index in [2.05, 4.69) is 15.2 Å². The van der Waals surface area contributed by atoms with Crippen molar-refractivity contribution in [3.63, 3.8) is 0 Å². The van der Waals surface area contributed by atoms with E-state index in [0.29, 0.717) is 35.5 Å². The molecule has 114 valence electrons. The molecule has 0 aromatic carbocycles. The second-order valence-electron chi connectivity index (χ2n) is 5.80. The van der Waals surface area contributed by atoms with Crippen molar-refractivity contribution < 1.29 is 4.92 Å². The number of halogens is 1. The summed E-state index contributed by atoms with van der Waals surface area (Å²) in [6.45, 7) is 2.73. The average molecular weight is 311 g/mol. The number of anilines is 1. The Morgan fingerprint density at radius 2 is 2.14 bits per heavy atom. The molecule has 3 heterocycles. The van der Waals surface area contributed by atoms with Crippen LogP contribution in [0, 0.1) is 10.1 Å². The molecule has 0 amide bonds. The second kappa shape index (κ2) is 5.77. The third-order valence-corrected chi connectivity index (χ3v) is 4.72. The molecule has 2 aliphatic rings. The Morgan fingerprint density at radius 3 is 2.71 bits per heavy atom. The van der Waals surface area contributed by atoms with Crippen LogP contribution in [0.2, 0.25) is 5.02 Å². The first-order valence-electron chi connectivity index (χ1n) is 7.41. The van der Waals surface area contributed by atoms with Gasteiger partial charge in [0, 0.05) is 36.9 Å². The van der Waals surface area contributed by atoms with Crippen LogP contribution >= 0.6 is 11.6 Å². The summed E-state index contributed by atoms with van der Waals surface area (Å²) in [7, 11) is 0. The number of nitrogens with one attached hydrogen (secondary N) is 1. The maximum Gasteiger partial charge on any atom is 0.313 e. The average Bonchev–Trinajstić information content (AvgIpc) is 2.80. The van der Waals surface area contributed by atoms with Crippen molar-refractivity contribution in [1.29, 1.82) is 0 Å². The number of rotatable bonds is 4. The number of fused-ring (bicyclic) bond motifs is 2. The molecule has 2 bridgehead atoms. The molecule has 0 saturated carbocycles. The molecule has 2 fully saturated rings. The number of piperidine rings is 1. The minimum atomic E-state index is -0.396. The predicted octanol–water partition coefficient (Wildman–Crippen LogP) is 2.75. The summed E-state index contributed by atoms with van der Waals surface area (Å²) in [6, 6.07) is 2.77. The van der Waals surface area contributed by atoms with Crippen LogP contribution in [0.5, 0.6) is 0 Å². The van der Waals surface area contributed by atoms with E-state index in [0.717, 1.165) is 12.8 Å². The van der Waals surface area contributed by atoms with Gasteiger partial charge < -0.3 is 10.2 Å². The zero-order valence-corrected chi connectivity index (χ0v) is 12.7. The van der Waals surface area contributed by atoms with E-state index in [9.17, 15) is 10.1 Å². The molecule has 1 N–H and O–H groups in total. The number of nitrogens with zero attached hydrogens (tertiary/aromatic N) is 3. The van der Waals surface area contributed by atoms with Crippen molar-refractivity contribution in [3.05, 3.63) is 27.4 Å². The van der Waals surface area contributed by atoms with Gasteiger partial charge in [0.25, 0.3) is 0 Å². The highest BCUT2D eigenvalue weighted by atomic mass is 35.5. The highest BCUT2D eigenvalue weighted by Crippen LogP contribution is 2.35. The lowest BCUT2D eigenvalue weighted by molar-refractivity contribution is -0.384. The van der Waals surface area contributed by atoms with Gasteiger partial charge in [0.2, 0.25) is 5.82 Å². The van der Waals surface area contributed by atoms with Crippen LogP contribution in [-0.4, -0.2) is 34.6 Å². The van der Waals surface area contributed by atoms with E-state index in [1.165, 1.54) is 25.1 Å². The number of pyridine rings is 1. The maximum atomic E-state index is 11.3. The van der Waals surface area contributed by atoms with Gasteiger partial charge >= 0.3 is 5.69 Å². The molecule has 0 aliphatic carbocycles. The highest BCUT2D eigenvalue weighted by Gasteiger charge is 2.37. The standard InChI is InChI=1S/C14H19ClN4O2/c1-2-18(12-6-10-3-4-11(7-12)17-10)14-13(19(20)21)5-9(15)8-16-14/h5,8,10-12,17H,2-4,6-7H2,1H3. The first-order chi connectivity index (χ1) is 10.1. The van der Waals surface area contributed by atoms with Gasteiger partial charge in [0.1, 0.15) is 0 Å². The van der Waals surface area contributed by atoms with Crippen LogP contribution < -0.4 is 10.2 Å². The molecule has 1 aromatic heterocycles. The molecule has 7 heteroatoms. The summed E-state index contributed by atoms with van der Waals surface area (Å²) >= 11 is 5.86. The van der Waals surface area contributed by atoms with Crippen molar-refractivity contribution in [2.75, 3.05) is 11.4 Å². The molecule has 1 aromatic rings. The summed E-state index contributed by atoms with van der Waals surface area (Å²) < 4.78 is 0. The van der Waals surface area contributed by atoms with E-state index in [-0.39, 0.29) is 5.69 Å². The van der Waals surface area contributed by atoms with E-state index in [1.807, 2.05) is 6.92 Å². The fourth-order valence-corrected chi connectivity index (χ4v) is 3.79. The molecular formula is C14H19ClN4O2. The van der Waals surface area contributed by atoms with E-state index < -0.39 is 4.92 Å². The summed E-state index contributed by atoms with van der Waals surface area (Å²) in [4.78, 5) is 17.2. The van der Waals surface area contributed by atoms with Gasteiger partial charge in [0.05, 0.1) is 9.95 Å². The molecular weight excluding hydrogens is 292 g/mol. The lowest BCUT2D eigenvalue weighted by atomic mass is 9.98. The molecule has 6 nitrogen and oxygen atoms in total. The Bertz CT molecular complexity index is 542. The Hall–Kier alpha value is -1.40. The van der Waals surface area contributed by atoms with Crippen molar-refractivity contribution in [1.82, 2.24) is 10.3 Å². The van der Waals surface area contributed by atoms with E-state index in [4.69, 9.17) is 11.6 Å². The summed E-state index contributed by atoms with van der Waals surface area (Å²) in [5.41, 5.74) is -0.00442. The van der Waals surface area contributed by atoms with Gasteiger partial charge in [-0.05, 0) is 32.6 Å². The predicted molar refractivity (Wildman–Crippen MR) is 81.9 cm³/mol. The van der Waals surface area contributed by atoms with Crippen LogP contribution in [0.4, 0.5) is 11.5 Å². The number of hydrogen-bond donors (Lipinski definition) is 1. The monoisotopic (exact) mass is 310 g/mol. The second-order valence-corrected chi connectivity index (χ2v) is 6.24. The quantitative estimate of drug-likeness (QED) is 0.684. The highest BCUT2D eigenvalue weighted by molar-refractivity contribution is 6.30. The topological polar surface area (TPSA) is 71.3 Å². The molecule has 3 rings (SSSR count). The third kappa shape index (κ3) is 2.82. The van der Waals surface area contributed by atoms with Crippen LogP contribution in [0.15, 0.2) is 12.3 Å². The molecule has 0 radical (unpaired) electrons. The van der Waals surface area contributed by atoms with E-state index >= 15 is 0 Å². The number of aromatic nitrogens is 1. The van der Waals surface area contributed by atoms with Gasteiger partial charge in [-0.15, -0.1) is 0 Å². The van der Waals surface area contributed by atoms with Crippen molar-refractivity contribution in [2.45, 2.75) is 50.7 Å². The smallest absolute Gasteiger partial charge is 0.313 e. The Kier molecular flexibility index (Phi) is 3.99. The minimum Gasteiger partial charge on any atom is -0.348 e. The minimum absolute atomic E-state index is 0.00442. The van der Waals surface area contributed by atoms with Gasteiger partial charge in [-0.1, -0.05) is 11.6 Å². The normalized spacial score (nSPS) is 27.6. The Balaban J connectivity index is 1.91. The molecule has 0 spiro atoms. The maximum absolute atomic E-state index is 11.3. The van der Waals surface area contributed by atoms with Crippen molar-refractivity contribution in [2.24, 2.45) is 0 Å². The zero-order chi connectivity index (χ0) is 15.0. The molecule has 2 atom stereocenters. The fourth-order valence-electron chi connectivity index (χ4n) is 3.64. The summed E-state index contributed by atoms with van der Waals surface area (Å²) in [5.74, 6) is 0.443. The SMILES string of the molecule is CCN(c1ncc(Cl)cc1[N+](=O)[O-])C1CC2CCC(C1)N2. The number of nitro groups is 1. The van der Waals surface area contributed by atoms with Crippen molar-refractivity contribution >= 4 is 23.1 Å². The first-order valence-corrected chi connectivity index (χ1v) is 7.79. The van der Waals surface area contributed by atoms with Crippen LogP contribution in [0.25, 0.3) is 0 Å². The third-order valence-electron chi connectivity index (χ3n) is 4.51. The first kappa shape index (κ1) is 14.5. The lowest BCUT2D eigenvalue weighted by Gasteiger charge is -2.37. The summed E-state index contributed by atoms with van der Waals surface area (Å²) in [6.07, 6.45) is 5.93. The fraction of sp³-hybridized carbons (Fsp3) is 0.643.